The summed E-state index contributed by atoms with van der Waals surface area (Å²) in [6.45, 7) is 0.606. The highest BCUT2D eigenvalue weighted by molar-refractivity contribution is 6.42. The summed E-state index contributed by atoms with van der Waals surface area (Å²) < 4.78 is 5.79. The summed E-state index contributed by atoms with van der Waals surface area (Å²) in [6.07, 6.45) is 5.28. The molecule has 8 heteroatoms. The van der Waals surface area contributed by atoms with Crippen LogP contribution in [0.25, 0.3) is 0 Å². The van der Waals surface area contributed by atoms with Crippen LogP contribution in [0.2, 0.25) is 15.1 Å². The summed E-state index contributed by atoms with van der Waals surface area (Å²) in [5, 5.41) is 4.71. The van der Waals surface area contributed by atoms with E-state index < -0.39 is 6.04 Å². The zero-order valence-electron chi connectivity index (χ0n) is 21.8. The molecule has 1 atom stereocenters. The molecule has 0 spiro atoms. The number of hydrogen-bond donors (Lipinski definition) is 1. The molecule has 0 aromatic heterocycles. The second-order valence-corrected chi connectivity index (χ2v) is 11.1. The van der Waals surface area contributed by atoms with E-state index in [1.54, 1.807) is 41.3 Å². The van der Waals surface area contributed by atoms with Gasteiger partial charge in [0, 0.05) is 30.5 Å². The third-order valence-electron chi connectivity index (χ3n) is 6.93. The molecule has 3 aromatic rings. The predicted molar refractivity (Wildman–Crippen MR) is 158 cm³/mol. The Labute approximate surface area is 245 Å². The van der Waals surface area contributed by atoms with Crippen molar-refractivity contribution in [3.8, 4) is 5.75 Å². The van der Waals surface area contributed by atoms with Gasteiger partial charge >= 0.3 is 0 Å². The molecule has 3 aromatic carbocycles. The van der Waals surface area contributed by atoms with Crippen molar-refractivity contribution in [1.82, 2.24) is 10.2 Å². The van der Waals surface area contributed by atoms with Crippen molar-refractivity contribution in [3.05, 3.63) is 99.0 Å². The Morgan fingerprint density at radius 1 is 0.897 bits per heavy atom. The molecule has 39 heavy (non-hydrogen) atoms. The molecule has 0 saturated heterocycles. The number of nitrogens with one attached hydrogen (secondary N) is 1. The molecule has 1 saturated carbocycles. The lowest BCUT2D eigenvalue weighted by atomic mass is 10.0. The molecule has 2 amide bonds. The topological polar surface area (TPSA) is 58.6 Å². The van der Waals surface area contributed by atoms with Crippen LogP contribution < -0.4 is 10.1 Å². The van der Waals surface area contributed by atoms with Gasteiger partial charge < -0.3 is 15.0 Å². The minimum Gasteiger partial charge on any atom is -0.494 e. The molecule has 1 unspecified atom stereocenters. The monoisotopic (exact) mass is 586 g/mol. The lowest BCUT2D eigenvalue weighted by molar-refractivity contribution is -0.141. The molecule has 1 aliphatic carbocycles. The van der Waals surface area contributed by atoms with Crippen LogP contribution in [0.5, 0.6) is 5.75 Å². The van der Waals surface area contributed by atoms with Crippen molar-refractivity contribution >= 4 is 46.6 Å². The van der Waals surface area contributed by atoms with Gasteiger partial charge in [-0.15, -0.1) is 0 Å². The number of ether oxygens (including phenoxy) is 1. The fraction of sp³-hybridized carbons (Fsp3) is 0.355. The van der Waals surface area contributed by atoms with Crippen LogP contribution in [0.15, 0.2) is 72.8 Å². The second-order valence-electron chi connectivity index (χ2n) is 9.87. The van der Waals surface area contributed by atoms with E-state index in [2.05, 4.69) is 5.32 Å². The van der Waals surface area contributed by atoms with Gasteiger partial charge in [-0.25, -0.2) is 0 Å². The Morgan fingerprint density at radius 2 is 1.62 bits per heavy atom. The first-order chi connectivity index (χ1) is 18.9. The van der Waals surface area contributed by atoms with E-state index in [9.17, 15) is 9.59 Å². The van der Waals surface area contributed by atoms with Gasteiger partial charge in [0.15, 0.2) is 0 Å². The van der Waals surface area contributed by atoms with Crippen molar-refractivity contribution in [2.75, 3.05) is 6.61 Å². The fourth-order valence-corrected chi connectivity index (χ4v) is 5.29. The van der Waals surface area contributed by atoms with Crippen LogP contribution in [0.3, 0.4) is 0 Å². The highest BCUT2D eigenvalue weighted by Gasteiger charge is 2.32. The van der Waals surface area contributed by atoms with E-state index in [0.29, 0.717) is 40.3 Å². The standard InChI is InChI=1S/C31H33Cl3N2O3/c32-24-13-15-26(16-14-24)39-18-6-11-30(37)36(21-23-12-17-27(33)28(34)19-23)29(20-22-7-2-1-3-8-22)31(38)35-25-9-4-5-10-25/h1-3,7-8,12-17,19,25,29H,4-6,9-11,18,20-21H2,(H,35,38). The van der Waals surface area contributed by atoms with Crippen LogP contribution in [-0.2, 0) is 22.6 Å². The number of nitrogens with zero attached hydrogens (tertiary/aromatic N) is 1. The quantitative estimate of drug-likeness (QED) is 0.223. The second kappa shape index (κ2) is 14.6. The van der Waals surface area contributed by atoms with Gasteiger partial charge in [-0.2, -0.15) is 0 Å². The lowest BCUT2D eigenvalue weighted by Gasteiger charge is -2.32. The van der Waals surface area contributed by atoms with Gasteiger partial charge in [-0.1, -0.05) is 84.0 Å². The van der Waals surface area contributed by atoms with E-state index in [1.807, 2.05) is 36.4 Å². The maximum atomic E-state index is 13.7. The van der Waals surface area contributed by atoms with Gasteiger partial charge in [0.05, 0.1) is 16.7 Å². The van der Waals surface area contributed by atoms with E-state index in [4.69, 9.17) is 39.5 Å². The number of halogens is 3. The maximum Gasteiger partial charge on any atom is 0.243 e. The summed E-state index contributed by atoms with van der Waals surface area (Å²) >= 11 is 18.4. The minimum absolute atomic E-state index is 0.122. The average molecular weight is 588 g/mol. The first-order valence-corrected chi connectivity index (χ1v) is 14.5. The zero-order valence-corrected chi connectivity index (χ0v) is 24.0. The van der Waals surface area contributed by atoms with Crippen LogP contribution in [0.1, 0.15) is 49.7 Å². The smallest absolute Gasteiger partial charge is 0.243 e. The van der Waals surface area contributed by atoms with Crippen LogP contribution >= 0.6 is 34.8 Å². The van der Waals surface area contributed by atoms with Gasteiger partial charge in [-0.3, -0.25) is 9.59 Å². The zero-order chi connectivity index (χ0) is 27.6. The van der Waals surface area contributed by atoms with Crippen molar-refractivity contribution in [2.45, 2.75) is 63.6 Å². The van der Waals surface area contributed by atoms with Crippen LogP contribution in [-0.4, -0.2) is 35.4 Å². The molecule has 4 rings (SSSR count). The van der Waals surface area contributed by atoms with Crippen molar-refractivity contribution in [2.24, 2.45) is 0 Å². The molecule has 1 N–H and O–H groups in total. The Bertz CT molecular complexity index is 1230. The molecular weight excluding hydrogens is 555 g/mol. The van der Waals surface area contributed by atoms with Crippen LogP contribution in [0, 0.1) is 0 Å². The first kappa shape index (κ1) is 29.3. The number of benzene rings is 3. The van der Waals surface area contributed by atoms with Gasteiger partial charge in [0.1, 0.15) is 11.8 Å². The Balaban J connectivity index is 1.53. The summed E-state index contributed by atoms with van der Waals surface area (Å²) in [7, 11) is 0. The van der Waals surface area contributed by atoms with E-state index in [-0.39, 0.29) is 30.8 Å². The minimum atomic E-state index is -0.674. The number of amides is 2. The number of rotatable bonds is 12. The van der Waals surface area contributed by atoms with Gasteiger partial charge in [0.25, 0.3) is 0 Å². The van der Waals surface area contributed by atoms with Crippen LogP contribution in [0.4, 0.5) is 0 Å². The number of carbonyl (C=O) groups is 2. The Morgan fingerprint density at radius 3 is 2.31 bits per heavy atom. The largest absolute Gasteiger partial charge is 0.494 e. The summed E-state index contributed by atoms with van der Waals surface area (Å²) in [6, 6.07) is 21.7. The van der Waals surface area contributed by atoms with Crippen molar-refractivity contribution in [1.29, 1.82) is 0 Å². The SMILES string of the molecule is O=C(NC1CCCC1)C(Cc1ccccc1)N(Cc1ccc(Cl)c(Cl)c1)C(=O)CCCOc1ccc(Cl)cc1. The molecular formula is C31H33Cl3N2O3. The first-order valence-electron chi connectivity index (χ1n) is 13.3. The molecule has 0 heterocycles. The maximum absolute atomic E-state index is 13.7. The van der Waals surface area contributed by atoms with Crippen molar-refractivity contribution < 1.29 is 14.3 Å². The third-order valence-corrected chi connectivity index (χ3v) is 7.92. The van der Waals surface area contributed by atoms with E-state index in [0.717, 1.165) is 36.8 Å². The summed E-state index contributed by atoms with van der Waals surface area (Å²) in [5.74, 6) is 0.442. The molecule has 0 aliphatic heterocycles. The lowest BCUT2D eigenvalue weighted by Crippen LogP contribution is -2.52. The molecule has 0 radical (unpaired) electrons. The van der Waals surface area contributed by atoms with Gasteiger partial charge in [0.2, 0.25) is 11.8 Å². The third kappa shape index (κ3) is 8.89. The van der Waals surface area contributed by atoms with E-state index >= 15 is 0 Å². The average Bonchev–Trinajstić information content (AvgIpc) is 3.45. The molecule has 206 valence electrons. The Hall–Kier alpha value is -2.73. The highest BCUT2D eigenvalue weighted by atomic mass is 35.5. The molecule has 0 bridgehead atoms. The van der Waals surface area contributed by atoms with Crippen molar-refractivity contribution in [3.63, 3.8) is 0 Å². The molecule has 1 aliphatic rings. The normalized spacial score (nSPS) is 14.1. The summed E-state index contributed by atoms with van der Waals surface area (Å²) in [4.78, 5) is 29.1. The molecule has 5 nitrogen and oxygen atoms in total. The fourth-order valence-electron chi connectivity index (χ4n) is 4.84. The van der Waals surface area contributed by atoms with Gasteiger partial charge in [-0.05, 0) is 66.8 Å². The highest BCUT2D eigenvalue weighted by Crippen LogP contribution is 2.25. The summed E-state index contributed by atoms with van der Waals surface area (Å²) in [5.41, 5.74) is 1.80. The number of carbonyl (C=O) groups excluding carboxylic acids is 2. The number of hydrogen-bond acceptors (Lipinski definition) is 3. The molecule has 1 fully saturated rings. The predicted octanol–water partition coefficient (Wildman–Crippen LogP) is 7.50. The van der Waals surface area contributed by atoms with E-state index in [1.165, 1.54) is 0 Å². The Kier molecular flexibility index (Phi) is 11.0.